The average molecular weight is 539 g/mol. The van der Waals surface area contributed by atoms with Gasteiger partial charge in [0.2, 0.25) is 0 Å². The highest BCUT2D eigenvalue weighted by Gasteiger charge is 2.22. The summed E-state index contributed by atoms with van der Waals surface area (Å²) >= 11 is 0. The SMILES string of the molecule is CCOC(=O)CN1CC=Cc2cccc(-c3ccc4c(c3)c(N=S(=O)=O)c(Cc3ccc(C#N)cc3)n4C)c21. The summed E-state index contributed by atoms with van der Waals surface area (Å²) in [5.41, 5.74) is 7.20. The summed E-state index contributed by atoms with van der Waals surface area (Å²) in [6.07, 6.45) is 4.50. The Morgan fingerprint density at radius 2 is 1.92 bits per heavy atom. The zero-order chi connectivity index (χ0) is 27.5. The molecule has 0 radical (unpaired) electrons. The maximum absolute atomic E-state index is 12.3. The topological polar surface area (TPSA) is 105 Å². The van der Waals surface area contributed by atoms with Crippen molar-refractivity contribution in [3.05, 3.63) is 89.1 Å². The van der Waals surface area contributed by atoms with Gasteiger partial charge >= 0.3 is 16.5 Å². The monoisotopic (exact) mass is 538 g/mol. The zero-order valence-electron chi connectivity index (χ0n) is 21.6. The number of anilines is 1. The normalized spacial score (nSPS) is 12.2. The number of aryl methyl sites for hydroxylation is 1. The second-order valence-electron chi connectivity index (χ2n) is 9.21. The van der Waals surface area contributed by atoms with Gasteiger partial charge < -0.3 is 14.2 Å². The van der Waals surface area contributed by atoms with E-state index in [1.807, 2.05) is 77.2 Å². The lowest BCUT2D eigenvalue weighted by Gasteiger charge is -2.29. The molecule has 0 saturated heterocycles. The van der Waals surface area contributed by atoms with E-state index < -0.39 is 10.5 Å². The standard InChI is InChI=1S/C30H26N4O4S/c1-3-38-28(35)19-34-15-5-7-22-6-4-8-24(30(22)34)23-13-14-26-25(17-23)29(32-39(36)37)27(33(26)2)16-20-9-11-21(18-31)12-10-20/h4-14,17H,3,15-16,19H2,1-2H3. The molecule has 2 heterocycles. The maximum atomic E-state index is 12.3. The smallest absolute Gasteiger partial charge is 0.325 e. The van der Waals surface area contributed by atoms with Crippen LogP contribution < -0.4 is 4.90 Å². The van der Waals surface area contributed by atoms with Gasteiger partial charge in [0, 0.05) is 36.7 Å². The first-order chi connectivity index (χ1) is 18.9. The minimum atomic E-state index is -2.65. The Labute approximate surface area is 228 Å². The van der Waals surface area contributed by atoms with Crippen LogP contribution in [-0.2, 0) is 33.5 Å². The van der Waals surface area contributed by atoms with Crippen LogP contribution in [0.4, 0.5) is 11.4 Å². The van der Waals surface area contributed by atoms with Gasteiger partial charge in [-0.05, 0) is 47.9 Å². The number of carbonyl (C=O) groups is 1. The highest BCUT2D eigenvalue weighted by Crippen LogP contribution is 2.41. The fourth-order valence-electron chi connectivity index (χ4n) is 5.10. The molecule has 9 heteroatoms. The molecule has 1 aliphatic rings. The summed E-state index contributed by atoms with van der Waals surface area (Å²) in [5, 5.41) is 9.82. The van der Waals surface area contributed by atoms with Gasteiger partial charge in [0.25, 0.3) is 0 Å². The number of benzene rings is 3. The van der Waals surface area contributed by atoms with Gasteiger partial charge in [-0.25, -0.2) is 0 Å². The molecule has 196 valence electrons. The molecule has 39 heavy (non-hydrogen) atoms. The van der Waals surface area contributed by atoms with Gasteiger partial charge in [-0.2, -0.15) is 13.7 Å². The van der Waals surface area contributed by atoms with Crippen LogP contribution in [-0.4, -0.2) is 38.7 Å². The van der Waals surface area contributed by atoms with Crippen LogP contribution in [0.15, 0.2) is 71.1 Å². The Balaban J connectivity index is 1.64. The molecule has 0 bridgehead atoms. The number of para-hydroxylation sites is 1. The number of ether oxygens (including phenoxy) is 1. The summed E-state index contributed by atoms with van der Waals surface area (Å²) in [5.74, 6) is -0.293. The first-order valence-electron chi connectivity index (χ1n) is 12.5. The molecule has 1 aliphatic heterocycles. The van der Waals surface area contributed by atoms with E-state index in [0.29, 0.717) is 36.2 Å². The fraction of sp³-hybridized carbons (Fsp3) is 0.200. The Hall–Kier alpha value is -4.68. The van der Waals surface area contributed by atoms with Crippen LogP contribution in [0.25, 0.3) is 28.1 Å². The molecule has 0 saturated carbocycles. The second kappa shape index (κ2) is 11.0. The summed E-state index contributed by atoms with van der Waals surface area (Å²) in [7, 11) is -0.758. The number of hydrogen-bond acceptors (Lipinski definition) is 7. The molecular formula is C30H26N4O4S. The Morgan fingerprint density at radius 3 is 2.64 bits per heavy atom. The van der Waals surface area contributed by atoms with Crippen molar-refractivity contribution < 1.29 is 17.9 Å². The maximum Gasteiger partial charge on any atom is 0.325 e. The van der Waals surface area contributed by atoms with Gasteiger partial charge in [0.15, 0.2) is 0 Å². The van der Waals surface area contributed by atoms with Gasteiger partial charge in [-0.1, -0.05) is 48.6 Å². The predicted octanol–water partition coefficient (Wildman–Crippen LogP) is 5.40. The Morgan fingerprint density at radius 1 is 1.13 bits per heavy atom. The van der Waals surface area contributed by atoms with Gasteiger partial charge in [-0.3, -0.25) is 4.79 Å². The zero-order valence-corrected chi connectivity index (χ0v) is 22.4. The molecule has 0 unspecified atom stereocenters. The molecule has 0 N–H and O–H groups in total. The van der Waals surface area contributed by atoms with Crippen molar-refractivity contribution in [2.24, 2.45) is 11.4 Å². The largest absolute Gasteiger partial charge is 0.465 e. The number of fused-ring (bicyclic) bond motifs is 2. The molecular weight excluding hydrogens is 512 g/mol. The molecule has 0 amide bonds. The number of nitrogens with zero attached hydrogens (tertiary/aromatic N) is 4. The van der Waals surface area contributed by atoms with E-state index in [0.717, 1.165) is 39.2 Å². The summed E-state index contributed by atoms with van der Waals surface area (Å²) in [4.78, 5) is 14.3. The third-order valence-electron chi connectivity index (χ3n) is 6.85. The first kappa shape index (κ1) is 25.9. The number of aromatic nitrogens is 1. The molecule has 1 aromatic heterocycles. The van der Waals surface area contributed by atoms with Crippen LogP contribution in [0.3, 0.4) is 0 Å². The third-order valence-corrected chi connectivity index (χ3v) is 7.19. The van der Waals surface area contributed by atoms with E-state index in [2.05, 4.69) is 10.4 Å². The number of carbonyl (C=O) groups excluding carboxylic acids is 1. The lowest BCUT2D eigenvalue weighted by Crippen LogP contribution is -2.33. The second-order valence-corrected chi connectivity index (χ2v) is 9.83. The molecule has 0 fully saturated rings. The van der Waals surface area contributed by atoms with Crippen LogP contribution in [0.5, 0.6) is 0 Å². The molecule has 4 aromatic rings. The van der Waals surface area contributed by atoms with Gasteiger partial charge in [0.1, 0.15) is 12.2 Å². The lowest BCUT2D eigenvalue weighted by molar-refractivity contribution is -0.141. The lowest BCUT2D eigenvalue weighted by atomic mass is 9.96. The van der Waals surface area contributed by atoms with E-state index in [9.17, 15) is 13.2 Å². The van der Waals surface area contributed by atoms with Crippen LogP contribution >= 0.6 is 0 Å². The van der Waals surface area contributed by atoms with Gasteiger partial charge in [-0.15, -0.1) is 4.36 Å². The quantitative estimate of drug-likeness (QED) is 0.292. The minimum Gasteiger partial charge on any atom is -0.465 e. The van der Waals surface area contributed by atoms with Crippen LogP contribution in [0.2, 0.25) is 0 Å². The number of esters is 1. The first-order valence-corrected chi connectivity index (χ1v) is 13.5. The van der Waals surface area contributed by atoms with Crippen molar-refractivity contribution in [1.82, 2.24) is 4.57 Å². The van der Waals surface area contributed by atoms with Crippen molar-refractivity contribution in [2.75, 3.05) is 24.6 Å². The van der Waals surface area contributed by atoms with E-state index in [1.54, 1.807) is 19.1 Å². The highest BCUT2D eigenvalue weighted by atomic mass is 32.2. The Bertz CT molecular complexity index is 1790. The van der Waals surface area contributed by atoms with E-state index >= 15 is 0 Å². The van der Waals surface area contributed by atoms with E-state index in [1.165, 1.54) is 0 Å². The van der Waals surface area contributed by atoms with Crippen molar-refractivity contribution >= 4 is 44.8 Å². The molecule has 5 rings (SSSR count). The molecule has 8 nitrogen and oxygen atoms in total. The third kappa shape index (κ3) is 5.19. The molecule has 0 atom stereocenters. The fourth-order valence-corrected chi connectivity index (χ4v) is 5.45. The van der Waals surface area contributed by atoms with E-state index in [4.69, 9.17) is 10.00 Å². The molecule has 0 aliphatic carbocycles. The predicted molar refractivity (Wildman–Crippen MR) is 151 cm³/mol. The molecule has 3 aromatic carbocycles. The van der Waals surface area contributed by atoms with Crippen molar-refractivity contribution in [2.45, 2.75) is 13.3 Å². The van der Waals surface area contributed by atoms with Gasteiger partial charge in [0.05, 0.1) is 29.4 Å². The van der Waals surface area contributed by atoms with Crippen molar-refractivity contribution in [1.29, 1.82) is 5.26 Å². The van der Waals surface area contributed by atoms with Crippen LogP contribution in [0, 0.1) is 11.3 Å². The van der Waals surface area contributed by atoms with Crippen molar-refractivity contribution in [3.63, 3.8) is 0 Å². The molecule has 0 spiro atoms. The van der Waals surface area contributed by atoms with Crippen molar-refractivity contribution in [3.8, 4) is 17.2 Å². The number of nitriles is 1. The number of rotatable bonds is 7. The minimum absolute atomic E-state index is 0.125. The summed E-state index contributed by atoms with van der Waals surface area (Å²) in [6.45, 7) is 2.80. The highest BCUT2D eigenvalue weighted by molar-refractivity contribution is 7.61. The summed E-state index contributed by atoms with van der Waals surface area (Å²) in [6, 6.07) is 21.2. The summed E-state index contributed by atoms with van der Waals surface area (Å²) < 4.78 is 34.7. The van der Waals surface area contributed by atoms with Crippen LogP contribution in [0.1, 0.15) is 29.3 Å². The Kier molecular flexibility index (Phi) is 7.30. The number of hydrogen-bond donors (Lipinski definition) is 0. The van der Waals surface area contributed by atoms with E-state index in [-0.39, 0.29) is 12.5 Å². The average Bonchev–Trinajstić information content (AvgIpc) is 3.18.